The van der Waals surface area contributed by atoms with E-state index in [0.717, 1.165) is 16.6 Å². The molecular formula is C11H10BrNS. The van der Waals surface area contributed by atoms with Gasteiger partial charge in [0, 0.05) is 26.8 Å². The number of nitrogens with two attached hydrogens (primary N) is 1. The molecule has 0 fully saturated rings. The number of rotatable bonds is 2. The molecule has 0 amide bonds. The van der Waals surface area contributed by atoms with Crippen LogP contribution < -0.4 is 5.73 Å². The molecule has 0 aliphatic rings. The lowest BCUT2D eigenvalue weighted by molar-refractivity contribution is 1.24. The highest BCUT2D eigenvalue weighted by Gasteiger charge is 1.99. The molecule has 14 heavy (non-hydrogen) atoms. The maximum absolute atomic E-state index is 5.71. The maximum Gasteiger partial charge on any atom is 0.0316 e. The van der Waals surface area contributed by atoms with E-state index in [4.69, 9.17) is 5.73 Å². The zero-order valence-electron chi connectivity index (χ0n) is 7.53. The largest absolute Gasteiger partial charge is 0.399 e. The number of nitrogen functional groups attached to an aromatic ring is 1. The zero-order valence-corrected chi connectivity index (χ0v) is 9.94. The fourth-order valence-corrected chi connectivity index (χ4v) is 2.84. The Hall–Kier alpha value is -0.800. The first-order valence-corrected chi connectivity index (χ1v) is 5.98. The van der Waals surface area contributed by atoms with Crippen molar-refractivity contribution in [2.45, 2.75) is 6.42 Å². The number of hydrogen-bond donors (Lipinski definition) is 1. The number of hydrogen-bond acceptors (Lipinski definition) is 2. The van der Waals surface area contributed by atoms with Crippen molar-refractivity contribution in [2.75, 3.05) is 5.73 Å². The summed E-state index contributed by atoms with van der Waals surface area (Å²) >= 11 is 5.21. The highest BCUT2D eigenvalue weighted by Crippen LogP contribution is 2.22. The van der Waals surface area contributed by atoms with Gasteiger partial charge in [0.25, 0.3) is 0 Å². The molecular weight excluding hydrogens is 258 g/mol. The Balaban J connectivity index is 2.18. The molecule has 2 rings (SSSR count). The number of benzene rings is 1. The average Bonchev–Trinajstić information content (AvgIpc) is 2.51. The van der Waals surface area contributed by atoms with Crippen LogP contribution >= 0.6 is 27.3 Å². The van der Waals surface area contributed by atoms with Crippen molar-refractivity contribution in [2.24, 2.45) is 0 Å². The first-order valence-electron chi connectivity index (χ1n) is 4.31. The van der Waals surface area contributed by atoms with E-state index in [2.05, 4.69) is 33.4 Å². The number of anilines is 1. The summed E-state index contributed by atoms with van der Waals surface area (Å²) in [5, 5.41) is 2.10. The molecule has 0 radical (unpaired) electrons. The summed E-state index contributed by atoms with van der Waals surface area (Å²) in [6.45, 7) is 0. The quantitative estimate of drug-likeness (QED) is 0.826. The first kappa shape index (κ1) is 9.74. The molecule has 0 aliphatic heterocycles. The Bertz CT molecular complexity index is 436. The maximum atomic E-state index is 5.71. The second kappa shape index (κ2) is 4.15. The van der Waals surface area contributed by atoms with Gasteiger partial charge in [-0.05, 0) is 39.7 Å². The zero-order chi connectivity index (χ0) is 9.97. The summed E-state index contributed by atoms with van der Waals surface area (Å²) in [5.74, 6) is 0. The SMILES string of the molecule is Nc1cccc(Cc2cc(Br)cs2)c1. The predicted octanol–water partition coefficient (Wildman–Crippen LogP) is 3.68. The van der Waals surface area contributed by atoms with Crippen molar-refractivity contribution in [3.05, 3.63) is 50.6 Å². The minimum absolute atomic E-state index is 0.832. The van der Waals surface area contributed by atoms with Gasteiger partial charge in [-0.1, -0.05) is 12.1 Å². The predicted molar refractivity (Wildman–Crippen MR) is 65.7 cm³/mol. The van der Waals surface area contributed by atoms with E-state index in [9.17, 15) is 0 Å². The van der Waals surface area contributed by atoms with Crippen LogP contribution in [-0.2, 0) is 6.42 Å². The molecule has 0 bridgehead atoms. The summed E-state index contributed by atoms with van der Waals surface area (Å²) < 4.78 is 1.15. The molecule has 0 unspecified atom stereocenters. The third-order valence-electron chi connectivity index (χ3n) is 1.95. The van der Waals surface area contributed by atoms with Crippen LogP contribution in [0.15, 0.2) is 40.2 Å². The van der Waals surface area contributed by atoms with Gasteiger partial charge in [0.1, 0.15) is 0 Å². The summed E-state index contributed by atoms with van der Waals surface area (Å²) in [4.78, 5) is 1.35. The van der Waals surface area contributed by atoms with E-state index < -0.39 is 0 Å². The molecule has 0 aliphatic carbocycles. The first-order chi connectivity index (χ1) is 6.74. The Kier molecular flexibility index (Phi) is 2.89. The Labute approximate surface area is 95.7 Å². The molecule has 1 aromatic heterocycles. The fourth-order valence-electron chi connectivity index (χ4n) is 1.35. The lowest BCUT2D eigenvalue weighted by Gasteiger charge is -1.99. The van der Waals surface area contributed by atoms with Gasteiger partial charge in [0.15, 0.2) is 0 Å². The van der Waals surface area contributed by atoms with Gasteiger partial charge in [0.2, 0.25) is 0 Å². The second-order valence-corrected chi connectivity index (χ2v) is 5.06. The second-order valence-electron chi connectivity index (χ2n) is 3.15. The summed E-state index contributed by atoms with van der Waals surface area (Å²) in [6.07, 6.45) is 0.960. The molecule has 3 heteroatoms. The van der Waals surface area contributed by atoms with Gasteiger partial charge in [-0.3, -0.25) is 0 Å². The van der Waals surface area contributed by atoms with Crippen molar-refractivity contribution in [1.82, 2.24) is 0 Å². The van der Waals surface area contributed by atoms with Crippen molar-refractivity contribution in [3.8, 4) is 0 Å². The van der Waals surface area contributed by atoms with Crippen molar-refractivity contribution >= 4 is 33.0 Å². The third kappa shape index (κ3) is 2.36. The van der Waals surface area contributed by atoms with E-state index in [-0.39, 0.29) is 0 Å². The van der Waals surface area contributed by atoms with Gasteiger partial charge >= 0.3 is 0 Å². The molecule has 0 atom stereocenters. The van der Waals surface area contributed by atoms with Crippen LogP contribution in [0, 0.1) is 0 Å². The number of halogens is 1. The van der Waals surface area contributed by atoms with Crippen LogP contribution in [0.25, 0.3) is 0 Å². The minimum atomic E-state index is 0.832. The van der Waals surface area contributed by atoms with Crippen molar-refractivity contribution in [3.63, 3.8) is 0 Å². The normalized spacial score (nSPS) is 10.4. The van der Waals surface area contributed by atoms with E-state index in [1.165, 1.54) is 10.4 Å². The van der Waals surface area contributed by atoms with E-state index in [1.54, 1.807) is 11.3 Å². The highest BCUT2D eigenvalue weighted by molar-refractivity contribution is 9.10. The van der Waals surface area contributed by atoms with Crippen LogP contribution in [0.4, 0.5) is 5.69 Å². The molecule has 2 aromatic rings. The highest BCUT2D eigenvalue weighted by atomic mass is 79.9. The van der Waals surface area contributed by atoms with E-state index in [1.807, 2.05) is 18.2 Å². The topological polar surface area (TPSA) is 26.0 Å². The van der Waals surface area contributed by atoms with E-state index >= 15 is 0 Å². The molecule has 2 N–H and O–H groups in total. The number of thiophene rings is 1. The van der Waals surface area contributed by atoms with Crippen LogP contribution in [0.3, 0.4) is 0 Å². The fraction of sp³-hybridized carbons (Fsp3) is 0.0909. The van der Waals surface area contributed by atoms with Gasteiger partial charge in [-0.15, -0.1) is 11.3 Å². The Morgan fingerprint density at radius 3 is 2.79 bits per heavy atom. The molecule has 72 valence electrons. The molecule has 1 aromatic carbocycles. The lowest BCUT2D eigenvalue weighted by Crippen LogP contribution is -1.88. The molecule has 0 saturated carbocycles. The standard InChI is InChI=1S/C11H10BrNS/c12-9-6-11(14-7-9)5-8-2-1-3-10(13)4-8/h1-4,6-7H,5,13H2. The third-order valence-corrected chi connectivity index (χ3v) is 3.65. The average molecular weight is 268 g/mol. The molecule has 1 heterocycles. The van der Waals surface area contributed by atoms with Crippen LogP contribution in [0.2, 0.25) is 0 Å². The van der Waals surface area contributed by atoms with Gasteiger partial charge in [-0.25, -0.2) is 0 Å². The minimum Gasteiger partial charge on any atom is -0.399 e. The summed E-state index contributed by atoms with van der Waals surface area (Å²) in [7, 11) is 0. The molecule has 0 saturated heterocycles. The van der Waals surface area contributed by atoms with Crippen LogP contribution in [0.1, 0.15) is 10.4 Å². The van der Waals surface area contributed by atoms with Crippen molar-refractivity contribution < 1.29 is 0 Å². The molecule has 0 spiro atoms. The van der Waals surface area contributed by atoms with Crippen molar-refractivity contribution in [1.29, 1.82) is 0 Å². The van der Waals surface area contributed by atoms with Crippen LogP contribution in [0.5, 0.6) is 0 Å². The smallest absolute Gasteiger partial charge is 0.0316 e. The molecule has 1 nitrogen and oxygen atoms in total. The Morgan fingerprint density at radius 2 is 2.14 bits per heavy atom. The summed E-state index contributed by atoms with van der Waals surface area (Å²) in [6, 6.07) is 10.2. The lowest BCUT2D eigenvalue weighted by atomic mass is 10.1. The van der Waals surface area contributed by atoms with E-state index in [0.29, 0.717) is 0 Å². The van der Waals surface area contributed by atoms with Gasteiger partial charge in [-0.2, -0.15) is 0 Å². The summed E-state index contributed by atoms with van der Waals surface area (Å²) in [5.41, 5.74) is 7.81. The monoisotopic (exact) mass is 267 g/mol. The Morgan fingerprint density at radius 1 is 1.29 bits per heavy atom. The van der Waals surface area contributed by atoms with Gasteiger partial charge < -0.3 is 5.73 Å². The van der Waals surface area contributed by atoms with Crippen LogP contribution in [-0.4, -0.2) is 0 Å². The van der Waals surface area contributed by atoms with Gasteiger partial charge in [0.05, 0.1) is 0 Å².